The van der Waals surface area contributed by atoms with Gasteiger partial charge in [0.2, 0.25) is 5.91 Å². The van der Waals surface area contributed by atoms with Crippen molar-refractivity contribution >= 4 is 29.3 Å². The van der Waals surface area contributed by atoms with Gasteiger partial charge in [-0.3, -0.25) is 4.79 Å². The minimum atomic E-state index is -0.184. The van der Waals surface area contributed by atoms with Gasteiger partial charge in [0.05, 0.1) is 10.3 Å². The Bertz CT molecular complexity index is 465. The number of carbonyl (C=O) groups excluding carboxylic acids is 1. The first kappa shape index (κ1) is 18.3. The highest BCUT2D eigenvalue weighted by Crippen LogP contribution is 2.30. The maximum absolute atomic E-state index is 12.0. The van der Waals surface area contributed by atoms with Crippen LogP contribution in [0.25, 0.3) is 0 Å². The molecule has 0 saturated carbocycles. The second kappa shape index (κ2) is 8.66. The molecule has 118 valence electrons. The van der Waals surface area contributed by atoms with E-state index in [2.05, 4.69) is 5.32 Å². The van der Waals surface area contributed by atoms with E-state index in [-0.39, 0.29) is 23.2 Å². The minimum absolute atomic E-state index is 0.0155. The summed E-state index contributed by atoms with van der Waals surface area (Å²) in [7, 11) is 0. The highest BCUT2D eigenvalue weighted by Gasteiger charge is 2.17. The molecule has 3 nitrogen and oxygen atoms in total. The van der Waals surface area contributed by atoms with Gasteiger partial charge in [0.15, 0.2) is 0 Å². The SMILES string of the molecule is CC(Sc1ccccc1Cl)C(=O)NCCCC(C)(C)CO. The Morgan fingerprint density at radius 2 is 2.10 bits per heavy atom. The van der Waals surface area contributed by atoms with Crippen molar-refractivity contribution in [2.24, 2.45) is 5.41 Å². The van der Waals surface area contributed by atoms with Crippen molar-refractivity contribution in [2.45, 2.75) is 43.8 Å². The molecule has 0 aliphatic carbocycles. The third-order valence-corrected chi connectivity index (χ3v) is 4.89. The van der Waals surface area contributed by atoms with Crippen molar-refractivity contribution in [3.63, 3.8) is 0 Å². The topological polar surface area (TPSA) is 49.3 Å². The first-order valence-electron chi connectivity index (χ1n) is 7.15. The molecule has 21 heavy (non-hydrogen) atoms. The molecule has 0 aliphatic heterocycles. The molecule has 1 atom stereocenters. The summed E-state index contributed by atoms with van der Waals surface area (Å²) in [6, 6.07) is 7.53. The maximum atomic E-state index is 12.0. The number of benzene rings is 1. The average molecular weight is 330 g/mol. The summed E-state index contributed by atoms with van der Waals surface area (Å²) in [5.74, 6) is 0.0155. The van der Waals surface area contributed by atoms with Gasteiger partial charge in [-0.2, -0.15) is 0 Å². The molecule has 1 amide bonds. The van der Waals surface area contributed by atoms with Gasteiger partial charge in [-0.1, -0.05) is 37.6 Å². The standard InChI is InChI=1S/C16H24ClNO2S/c1-12(21-14-8-5-4-7-13(14)17)15(20)18-10-6-9-16(2,3)11-19/h4-5,7-8,12,19H,6,9-11H2,1-3H3,(H,18,20). The number of hydrogen-bond acceptors (Lipinski definition) is 3. The van der Waals surface area contributed by atoms with Crippen LogP contribution in [-0.2, 0) is 4.79 Å². The maximum Gasteiger partial charge on any atom is 0.233 e. The largest absolute Gasteiger partial charge is 0.396 e. The molecule has 0 spiro atoms. The molecule has 0 heterocycles. The molecule has 1 aromatic carbocycles. The molecule has 0 aliphatic rings. The molecule has 0 radical (unpaired) electrons. The number of amides is 1. The predicted octanol–water partition coefficient (Wildman–Crippen LogP) is 3.74. The molecule has 0 fully saturated rings. The van der Waals surface area contributed by atoms with E-state index in [1.807, 2.05) is 45.0 Å². The number of nitrogens with one attached hydrogen (secondary N) is 1. The highest BCUT2D eigenvalue weighted by atomic mass is 35.5. The fraction of sp³-hybridized carbons (Fsp3) is 0.562. The molecular formula is C16H24ClNO2S. The number of hydrogen-bond donors (Lipinski definition) is 2. The Morgan fingerprint density at radius 1 is 1.43 bits per heavy atom. The first-order valence-corrected chi connectivity index (χ1v) is 8.41. The smallest absolute Gasteiger partial charge is 0.233 e. The van der Waals surface area contributed by atoms with Crippen molar-refractivity contribution < 1.29 is 9.90 Å². The second-order valence-corrected chi connectivity index (χ2v) is 7.70. The molecule has 0 bridgehead atoms. The molecule has 1 unspecified atom stereocenters. The zero-order chi connectivity index (χ0) is 15.9. The molecule has 5 heteroatoms. The van der Waals surface area contributed by atoms with Gasteiger partial charge in [-0.15, -0.1) is 11.8 Å². The monoisotopic (exact) mass is 329 g/mol. The van der Waals surface area contributed by atoms with Crippen LogP contribution in [0, 0.1) is 5.41 Å². The van der Waals surface area contributed by atoms with E-state index in [4.69, 9.17) is 11.6 Å². The molecule has 0 aromatic heterocycles. The van der Waals surface area contributed by atoms with Crippen LogP contribution in [0.1, 0.15) is 33.6 Å². The summed E-state index contributed by atoms with van der Waals surface area (Å²) in [5.41, 5.74) is -0.0807. The van der Waals surface area contributed by atoms with E-state index in [0.29, 0.717) is 11.6 Å². The summed E-state index contributed by atoms with van der Waals surface area (Å²) in [6.45, 7) is 6.71. The Kier molecular flexibility index (Phi) is 7.57. The lowest BCUT2D eigenvalue weighted by Crippen LogP contribution is -2.32. The van der Waals surface area contributed by atoms with E-state index < -0.39 is 0 Å². The van der Waals surface area contributed by atoms with Gasteiger partial charge in [-0.25, -0.2) is 0 Å². The van der Waals surface area contributed by atoms with Crippen LogP contribution in [0.3, 0.4) is 0 Å². The zero-order valence-corrected chi connectivity index (χ0v) is 14.4. The van der Waals surface area contributed by atoms with Crippen LogP contribution in [0.2, 0.25) is 5.02 Å². The van der Waals surface area contributed by atoms with Crippen molar-refractivity contribution in [1.29, 1.82) is 0 Å². The predicted molar refractivity (Wildman–Crippen MR) is 89.9 cm³/mol. The van der Waals surface area contributed by atoms with Crippen LogP contribution in [0.5, 0.6) is 0 Å². The lowest BCUT2D eigenvalue weighted by molar-refractivity contribution is -0.120. The molecule has 1 aromatic rings. The van der Waals surface area contributed by atoms with Gasteiger partial charge in [-0.05, 0) is 37.3 Å². The van der Waals surface area contributed by atoms with Gasteiger partial charge in [0.1, 0.15) is 0 Å². The third kappa shape index (κ3) is 6.72. The van der Waals surface area contributed by atoms with Crippen LogP contribution < -0.4 is 5.32 Å². The fourth-order valence-electron chi connectivity index (χ4n) is 1.79. The fourth-order valence-corrected chi connectivity index (χ4v) is 2.96. The first-order chi connectivity index (χ1) is 9.85. The summed E-state index contributed by atoms with van der Waals surface area (Å²) in [6.07, 6.45) is 1.75. The van der Waals surface area contributed by atoms with E-state index in [0.717, 1.165) is 17.7 Å². The minimum Gasteiger partial charge on any atom is -0.396 e. The molecular weight excluding hydrogens is 306 g/mol. The molecule has 0 saturated heterocycles. The van der Waals surface area contributed by atoms with E-state index in [1.54, 1.807) is 0 Å². The quantitative estimate of drug-likeness (QED) is 0.564. The summed E-state index contributed by atoms with van der Waals surface area (Å²) in [5, 5.41) is 12.6. The van der Waals surface area contributed by atoms with Crippen molar-refractivity contribution in [3.05, 3.63) is 29.3 Å². The van der Waals surface area contributed by atoms with Crippen LogP contribution >= 0.6 is 23.4 Å². The summed E-state index contributed by atoms with van der Waals surface area (Å²) >= 11 is 7.55. The Balaban J connectivity index is 2.34. The number of aliphatic hydroxyl groups excluding tert-OH is 1. The van der Waals surface area contributed by atoms with Crippen molar-refractivity contribution in [3.8, 4) is 0 Å². The number of aliphatic hydroxyl groups is 1. The third-order valence-electron chi connectivity index (χ3n) is 3.27. The summed E-state index contributed by atoms with van der Waals surface area (Å²) in [4.78, 5) is 12.9. The van der Waals surface area contributed by atoms with Crippen LogP contribution in [0.4, 0.5) is 0 Å². The molecule has 1 rings (SSSR count). The van der Waals surface area contributed by atoms with E-state index >= 15 is 0 Å². The second-order valence-electron chi connectivity index (χ2n) is 5.91. The zero-order valence-electron chi connectivity index (χ0n) is 12.9. The van der Waals surface area contributed by atoms with E-state index in [1.165, 1.54) is 11.8 Å². The van der Waals surface area contributed by atoms with Gasteiger partial charge in [0, 0.05) is 18.0 Å². The van der Waals surface area contributed by atoms with Crippen LogP contribution in [0.15, 0.2) is 29.2 Å². The lowest BCUT2D eigenvalue weighted by Gasteiger charge is -2.21. The number of halogens is 1. The van der Waals surface area contributed by atoms with Crippen molar-refractivity contribution in [2.75, 3.05) is 13.2 Å². The summed E-state index contributed by atoms with van der Waals surface area (Å²) < 4.78 is 0. The van der Waals surface area contributed by atoms with Crippen LogP contribution in [-0.4, -0.2) is 29.4 Å². The Hall–Kier alpha value is -0.710. The molecule has 2 N–H and O–H groups in total. The highest BCUT2D eigenvalue weighted by molar-refractivity contribution is 8.00. The number of thioether (sulfide) groups is 1. The van der Waals surface area contributed by atoms with Gasteiger partial charge in [0.25, 0.3) is 0 Å². The lowest BCUT2D eigenvalue weighted by atomic mass is 9.89. The van der Waals surface area contributed by atoms with Gasteiger partial charge >= 0.3 is 0 Å². The Labute approximate surface area is 136 Å². The normalized spacial score (nSPS) is 13.0. The van der Waals surface area contributed by atoms with E-state index in [9.17, 15) is 9.90 Å². The van der Waals surface area contributed by atoms with Crippen molar-refractivity contribution in [1.82, 2.24) is 5.32 Å². The van der Waals surface area contributed by atoms with Gasteiger partial charge < -0.3 is 10.4 Å². The number of carbonyl (C=O) groups is 1. The Morgan fingerprint density at radius 3 is 2.71 bits per heavy atom. The number of rotatable bonds is 8. The average Bonchev–Trinajstić information content (AvgIpc) is 2.45.